The summed E-state index contributed by atoms with van der Waals surface area (Å²) in [6.45, 7) is 2.26. The fourth-order valence-electron chi connectivity index (χ4n) is 3.47. The van der Waals surface area contributed by atoms with E-state index in [-0.39, 0.29) is 18.6 Å². The predicted octanol–water partition coefficient (Wildman–Crippen LogP) is 2.34. The average Bonchev–Trinajstić information content (AvgIpc) is 3.17. The number of esters is 1. The molecule has 0 saturated carbocycles. The van der Waals surface area contributed by atoms with Crippen molar-refractivity contribution in [2.45, 2.75) is 25.9 Å². The number of hydrogen-bond acceptors (Lipinski definition) is 6. The Morgan fingerprint density at radius 3 is 3.04 bits per heavy atom. The number of ether oxygens (including phenoxy) is 1. The predicted molar refractivity (Wildman–Crippen MR) is 93.0 cm³/mol. The molecular weight excluding hydrogens is 318 g/mol. The summed E-state index contributed by atoms with van der Waals surface area (Å²) in [4.78, 5) is 20.2. The number of rotatable bonds is 4. The lowest BCUT2D eigenvalue weighted by Crippen LogP contribution is -2.16. The van der Waals surface area contributed by atoms with Crippen LogP contribution in [0.15, 0.2) is 36.8 Å². The molecule has 1 aromatic carbocycles. The van der Waals surface area contributed by atoms with Gasteiger partial charge in [-0.2, -0.15) is 5.10 Å². The largest absolute Gasteiger partial charge is 0.468 e. The Labute approximate surface area is 145 Å². The van der Waals surface area contributed by atoms with Gasteiger partial charge in [0.25, 0.3) is 0 Å². The zero-order valence-corrected chi connectivity index (χ0v) is 14.1. The quantitative estimate of drug-likeness (QED) is 0.736. The van der Waals surface area contributed by atoms with Crippen molar-refractivity contribution in [2.24, 2.45) is 5.92 Å². The molecule has 7 heteroatoms. The smallest absolute Gasteiger partial charge is 0.327 e. The first kappa shape index (κ1) is 15.6. The molecule has 0 amide bonds. The molecule has 1 aliphatic rings. The van der Waals surface area contributed by atoms with Crippen molar-refractivity contribution in [1.29, 1.82) is 0 Å². The van der Waals surface area contributed by atoms with Gasteiger partial charge in [-0.05, 0) is 23.5 Å². The molecule has 2 atom stereocenters. The van der Waals surface area contributed by atoms with Crippen LogP contribution in [-0.2, 0) is 22.5 Å². The van der Waals surface area contributed by atoms with Gasteiger partial charge in [0, 0.05) is 0 Å². The molecule has 0 fully saturated rings. The zero-order chi connectivity index (χ0) is 17.4. The Balaban J connectivity index is 1.68. The lowest BCUT2D eigenvalue weighted by atomic mass is 10.0. The first-order valence-corrected chi connectivity index (χ1v) is 8.25. The van der Waals surface area contributed by atoms with Crippen LogP contribution in [0.3, 0.4) is 0 Å². The molecule has 7 nitrogen and oxygen atoms in total. The van der Waals surface area contributed by atoms with Crippen molar-refractivity contribution >= 4 is 22.8 Å². The number of nitrogens with zero attached hydrogens (tertiary/aromatic N) is 4. The van der Waals surface area contributed by atoms with Crippen molar-refractivity contribution < 1.29 is 9.53 Å². The minimum absolute atomic E-state index is 0.0269. The van der Waals surface area contributed by atoms with Crippen LogP contribution in [0.25, 0.3) is 11.0 Å². The number of hydrogen-bond donors (Lipinski definition) is 1. The molecule has 2 aromatic heterocycles. The van der Waals surface area contributed by atoms with E-state index < -0.39 is 0 Å². The van der Waals surface area contributed by atoms with E-state index in [9.17, 15) is 4.79 Å². The highest BCUT2D eigenvalue weighted by Gasteiger charge is 2.29. The standard InChI is InChI=1S/C18H19N5O2/c1-11-7-12-5-3-4-6-13(12)16(11)22-17-14-8-21-23(9-15(24)25-2)18(14)20-10-19-17/h3-6,8,10-11,16H,7,9H2,1-2H3,(H,19,20,22)/t11-,16+/m0/s1. The van der Waals surface area contributed by atoms with E-state index in [0.717, 1.165) is 17.6 Å². The third-order valence-corrected chi connectivity index (χ3v) is 4.73. The monoisotopic (exact) mass is 337 g/mol. The minimum Gasteiger partial charge on any atom is -0.468 e. The van der Waals surface area contributed by atoms with Gasteiger partial charge in [0.05, 0.1) is 24.7 Å². The summed E-state index contributed by atoms with van der Waals surface area (Å²) in [6, 6.07) is 8.68. The molecule has 0 unspecified atom stereocenters. The first-order valence-electron chi connectivity index (χ1n) is 8.25. The van der Waals surface area contributed by atoms with E-state index in [2.05, 4.69) is 51.6 Å². The van der Waals surface area contributed by atoms with E-state index >= 15 is 0 Å². The van der Waals surface area contributed by atoms with Gasteiger partial charge in [-0.15, -0.1) is 0 Å². The number of fused-ring (bicyclic) bond motifs is 2. The molecule has 128 valence electrons. The van der Waals surface area contributed by atoms with Gasteiger partial charge < -0.3 is 10.1 Å². The lowest BCUT2D eigenvalue weighted by molar-refractivity contribution is -0.141. The third-order valence-electron chi connectivity index (χ3n) is 4.73. The van der Waals surface area contributed by atoms with Gasteiger partial charge in [-0.1, -0.05) is 31.2 Å². The summed E-state index contributed by atoms with van der Waals surface area (Å²) in [6.07, 6.45) is 4.22. The number of aromatic nitrogens is 4. The van der Waals surface area contributed by atoms with Crippen LogP contribution < -0.4 is 5.32 Å². The number of benzene rings is 1. The molecule has 2 heterocycles. The fraction of sp³-hybridized carbons (Fsp3) is 0.333. The summed E-state index contributed by atoms with van der Waals surface area (Å²) in [7, 11) is 1.36. The Kier molecular flexibility index (Phi) is 3.83. The second-order valence-electron chi connectivity index (χ2n) is 6.34. The molecule has 3 aromatic rings. The summed E-state index contributed by atoms with van der Waals surface area (Å²) >= 11 is 0. The van der Waals surface area contributed by atoms with Crippen molar-refractivity contribution in [3.63, 3.8) is 0 Å². The average molecular weight is 337 g/mol. The first-order chi connectivity index (χ1) is 12.2. The second-order valence-corrected chi connectivity index (χ2v) is 6.34. The van der Waals surface area contributed by atoms with E-state index in [4.69, 9.17) is 4.74 Å². The topological polar surface area (TPSA) is 81.9 Å². The number of nitrogens with one attached hydrogen (secondary N) is 1. The van der Waals surface area contributed by atoms with Gasteiger partial charge >= 0.3 is 5.97 Å². The Bertz CT molecular complexity index is 936. The number of carbonyl (C=O) groups is 1. The van der Waals surface area contributed by atoms with Gasteiger partial charge in [-0.3, -0.25) is 4.79 Å². The highest BCUT2D eigenvalue weighted by molar-refractivity contribution is 5.87. The van der Waals surface area contributed by atoms with Crippen LogP contribution >= 0.6 is 0 Å². The molecule has 0 saturated heterocycles. The summed E-state index contributed by atoms with van der Waals surface area (Å²) in [5.74, 6) is 0.832. The van der Waals surface area contributed by atoms with Crippen LogP contribution in [0.4, 0.5) is 5.82 Å². The van der Waals surface area contributed by atoms with Gasteiger partial charge in [0.1, 0.15) is 18.7 Å². The van der Waals surface area contributed by atoms with Crippen LogP contribution in [0, 0.1) is 5.92 Å². The lowest BCUT2D eigenvalue weighted by Gasteiger charge is -2.19. The van der Waals surface area contributed by atoms with Crippen LogP contribution in [0.5, 0.6) is 0 Å². The minimum atomic E-state index is -0.364. The van der Waals surface area contributed by atoms with Crippen molar-refractivity contribution in [3.05, 3.63) is 47.9 Å². The molecular formula is C18H19N5O2. The Morgan fingerprint density at radius 1 is 1.36 bits per heavy atom. The normalized spacial score (nSPS) is 19.0. The van der Waals surface area contributed by atoms with Crippen LogP contribution in [0.2, 0.25) is 0 Å². The van der Waals surface area contributed by atoms with E-state index in [0.29, 0.717) is 11.6 Å². The zero-order valence-electron chi connectivity index (χ0n) is 14.1. The van der Waals surface area contributed by atoms with E-state index in [1.807, 2.05) is 0 Å². The van der Waals surface area contributed by atoms with Gasteiger partial charge in [-0.25, -0.2) is 14.6 Å². The molecule has 0 spiro atoms. The molecule has 0 aliphatic heterocycles. The van der Waals surface area contributed by atoms with Crippen molar-refractivity contribution in [2.75, 3.05) is 12.4 Å². The van der Waals surface area contributed by atoms with Gasteiger partial charge in [0.2, 0.25) is 0 Å². The summed E-state index contributed by atoms with van der Waals surface area (Å²) in [5, 5.41) is 8.60. The van der Waals surface area contributed by atoms with E-state index in [1.54, 1.807) is 6.20 Å². The Hall–Kier alpha value is -2.96. The molecule has 4 rings (SSSR count). The van der Waals surface area contributed by atoms with Crippen molar-refractivity contribution in [3.8, 4) is 0 Å². The number of carbonyl (C=O) groups excluding carboxylic acids is 1. The molecule has 1 aliphatic carbocycles. The van der Waals surface area contributed by atoms with E-state index in [1.165, 1.54) is 29.2 Å². The molecule has 1 N–H and O–H groups in total. The highest BCUT2D eigenvalue weighted by Crippen LogP contribution is 2.38. The summed E-state index contributed by atoms with van der Waals surface area (Å²) in [5.41, 5.74) is 3.30. The Morgan fingerprint density at radius 2 is 2.20 bits per heavy atom. The maximum Gasteiger partial charge on any atom is 0.327 e. The fourth-order valence-corrected chi connectivity index (χ4v) is 3.47. The molecule has 25 heavy (non-hydrogen) atoms. The molecule has 0 radical (unpaired) electrons. The number of anilines is 1. The second kappa shape index (κ2) is 6.16. The third kappa shape index (κ3) is 2.71. The van der Waals surface area contributed by atoms with Crippen LogP contribution in [0.1, 0.15) is 24.1 Å². The maximum atomic E-state index is 11.5. The van der Waals surface area contributed by atoms with Crippen molar-refractivity contribution in [1.82, 2.24) is 19.7 Å². The number of methoxy groups -OCH3 is 1. The summed E-state index contributed by atoms with van der Waals surface area (Å²) < 4.78 is 6.23. The van der Waals surface area contributed by atoms with Crippen LogP contribution in [-0.4, -0.2) is 32.8 Å². The SMILES string of the molecule is COC(=O)Cn1ncc2c(N[C@H]3c4ccccc4C[C@@H]3C)ncnc21. The highest BCUT2D eigenvalue weighted by atomic mass is 16.5. The van der Waals surface area contributed by atoms with Gasteiger partial charge in [0.15, 0.2) is 5.65 Å². The molecule has 0 bridgehead atoms. The maximum absolute atomic E-state index is 11.5.